The van der Waals surface area contributed by atoms with Crippen molar-refractivity contribution in [3.63, 3.8) is 0 Å². The molecule has 8 nitrogen and oxygen atoms in total. The van der Waals surface area contributed by atoms with Crippen molar-refractivity contribution in [3.05, 3.63) is 64.3 Å². The molecular formula is C19H18FN3O5. The van der Waals surface area contributed by atoms with Crippen LogP contribution < -0.4 is 4.74 Å². The largest absolute Gasteiger partial charge is 0.485 e. The highest BCUT2D eigenvalue weighted by Crippen LogP contribution is 2.19. The molecule has 0 saturated carbocycles. The molecule has 3 rings (SSSR count). The van der Waals surface area contributed by atoms with Crippen LogP contribution in [0.3, 0.4) is 0 Å². The van der Waals surface area contributed by atoms with E-state index in [4.69, 9.17) is 14.0 Å². The Bertz CT molecular complexity index is 1010. The predicted octanol–water partition coefficient (Wildman–Crippen LogP) is 3.29. The zero-order valence-corrected chi connectivity index (χ0v) is 15.5. The highest BCUT2D eigenvalue weighted by atomic mass is 19.1. The van der Waals surface area contributed by atoms with E-state index in [1.165, 1.54) is 31.2 Å². The second-order valence-corrected chi connectivity index (χ2v) is 6.10. The maximum atomic E-state index is 12.9. The summed E-state index contributed by atoms with van der Waals surface area (Å²) in [7, 11) is 0. The molecule has 3 aromatic rings. The molecule has 2 heterocycles. The molecule has 0 fully saturated rings. The Kier molecular flexibility index (Phi) is 5.53. The number of aromatic nitrogens is 3. The summed E-state index contributed by atoms with van der Waals surface area (Å²) in [5.74, 6) is -0.319. The Labute approximate surface area is 159 Å². The van der Waals surface area contributed by atoms with E-state index in [0.29, 0.717) is 22.6 Å². The summed E-state index contributed by atoms with van der Waals surface area (Å²) < 4.78 is 28.5. The van der Waals surface area contributed by atoms with E-state index in [0.717, 1.165) is 0 Å². The Morgan fingerprint density at radius 2 is 1.89 bits per heavy atom. The smallest absolute Gasteiger partial charge is 0.355 e. The molecule has 0 radical (unpaired) electrons. The number of benzene rings is 1. The van der Waals surface area contributed by atoms with Gasteiger partial charge in [0.25, 0.3) is 5.89 Å². The normalized spacial score (nSPS) is 10.7. The average molecular weight is 387 g/mol. The quantitative estimate of drug-likeness (QED) is 0.489. The first-order valence-corrected chi connectivity index (χ1v) is 8.42. The molecular weight excluding hydrogens is 369 g/mol. The summed E-state index contributed by atoms with van der Waals surface area (Å²) in [5.41, 5.74) is 1.83. The minimum absolute atomic E-state index is 0.0139. The van der Waals surface area contributed by atoms with Crippen molar-refractivity contribution < 1.29 is 28.0 Å². The minimum atomic E-state index is -0.629. The molecule has 0 aliphatic rings. The zero-order valence-electron chi connectivity index (χ0n) is 15.5. The highest BCUT2D eigenvalue weighted by molar-refractivity contribution is 6.01. The van der Waals surface area contributed by atoms with Crippen LogP contribution in [-0.4, -0.2) is 26.9 Å². The van der Waals surface area contributed by atoms with Gasteiger partial charge in [-0.05, 0) is 50.6 Å². The van der Waals surface area contributed by atoms with Gasteiger partial charge in [-0.25, -0.2) is 9.18 Å². The Hall–Kier alpha value is -3.49. The molecule has 146 valence electrons. The molecule has 9 heteroatoms. The molecule has 0 aliphatic carbocycles. The van der Waals surface area contributed by atoms with Crippen LogP contribution in [-0.2, 0) is 18.0 Å². The third-order valence-electron chi connectivity index (χ3n) is 4.01. The lowest BCUT2D eigenvalue weighted by molar-refractivity contribution is 0.0422. The number of ketones is 1. The number of aromatic amines is 1. The van der Waals surface area contributed by atoms with Gasteiger partial charge < -0.3 is 19.0 Å². The summed E-state index contributed by atoms with van der Waals surface area (Å²) in [6, 6.07) is 5.51. The van der Waals surface area contributed by atoms with Crippen molar-refractivity contribution >= 4 is 11.8 Å². The number of hydrogen-bond donors (Lipinski definition) is 1. The lowest BCUT2D eigenvalue weighted by Crippen LogP contribution is -2.08. The first kappa shape index (κ1) is 19.3. The van der Waals surface area contributed by atoms with E-state index >= 15 is 0 Å². The first-order chi connectivity index (χ1) is 13.3. The van der Waals surface area contributed by atoms with E-state index in [2.05, 4.69) is 15.1 Å². The number of aryl methyl sites for hydroxylation is 1. The molecule has 0 amide bonds. The van der Waals surface area contributed by atoms with Crippen LogP contribution in [0.25, 0.3) is 0 Å². The van der Waals surface area contributed by atoms with E-state index in [1.807, 2.05) is 0 Å². The van der Waals surface area contributed by atoms with E-state index in [9.17, 15) is 14.0 Å². The van der Waals surface area contributed by atoms with Gasteiger partial charge in [-0.15, -0.1) is 0 Å². The number of carbonyl (C=O) groups excluding carboxylic acids is 2. The van der Waals surface area contributed by atoms with Gasteiger partial charge in [0.15, 0.2) is 19.0 Å². The number of H-pyrrole nitrogens is 1. The summed E-state index contributed by atoms with van der Waals surface area (Å²) in [6.45, 7) is 4.61. The second kappa shape index (κ2) is 8.03. The van der Waals surface area contributed by atoms with Gasteiger partial charge in [0.2, 0.25) is 5.82 Å². The van der Waals surface area contributed by atoms with Gasteiger partial charge in [0.05, 0.1) is 0 Å². The summed E-state index contributed by atoms with van der Waals surface area (Å²) in [6.07, 6.45) is 0. The summed E-state index contributed by atoms with van der Waals surface area (Å²) in [4.78, 5) is 30.8. The van der Waals surface area contributed by atoms with Gasteiger partial charge in [-0.3, -0.25) is 4.79 Å². The molecule has 0 bridgehead atoms. The highest BCUT2D eigenvalue weighted by Gasteiger charge is 2.21. The van der Waals surface area contributed by atoms with E-state index in [-0.39, 0.29) is 42.2 Å². The second-order valence-electron chi connectivity index (χ2n) is 6.10. The van der Waals surface area contributed by atoms with Crippen LogP contribution in [0.1, 0.15) is 50.7 Å². The fraction of sp³-hybridized carbons (Fsp3) is 0.263. The summed E-state index contributed by atoms with van der Waals surface area (Å²) in [5, 5.41) is 3.73. The molecule has 2 aromatic heterocycles. The number of halogens is 1. The predicted molar refractivity (Wildman–Crippen MR) is 94.4 cm³/mol. The van der Waals surface area contributed by atoms with Crippen LogP contribution >= 0.6 is 0 Å². The fourth-order valence-electron chi connectivity index (χ4n) is 2.77. The minimum Gasteiger partial charge on any atom is -0.485 e. The maximum Gasteiger partial charge on any atom is 0.355 e. The van der Waals surface area contributed by atoms with Gasteiger partial charge in [-0.2, -0.15) is 4.98 Å². The van der Waals surface area contributed by atoms with Crippen molar-refractivity contribution in [1.29, 1.82) is 0 Å². The molecule has 1 aromatic carbocycles. The fourth-order valence-corrected chi connectivity index (χ4v) is 2.77. The molecule has 0 atom stereocenters. The Morgan fingerprint density at radius 3 is 2.54 bits per heavy atom. The third kappa shape index (κ3) is 4.25. The van der Waals surface area contributed by atoms with Crippen molar-refractivity contribution in [1.82, 2.24) is 15.1 Å². The molecule has 0 aliphatic heterocycles. The van der Waals surface area contributed by atoms with Crippen molar-refractivity contribution in [2.75, 3.05) is 0 Å². The topological polar surface area (TPSA) is 107 Å². The Balaban J connectivity index is 1.57. The van der Waals surface area contributed by atoms with Gasteiger partial charge in [0.1, 0.15) is 17.3 Å². The van der Waals surface area contributed by atoms with Crippen LogP contribution in [0.15, 0.2) is 28.8 Å². The van der Waals surface area contributed by atoms with Gasteiger partial charge in [0, 0.05) is 11.3 Å². The van der Waals surface area contributed by atoms with E-state index in [1.54, 1.807) is 13.8 Å². The number of Topliss-reactive ketones (excluding diaryl/α,β-unsaturated/α-hetero) is 1. The number of nitrogens with one attached hydrogen (secondary N) is 1. The lowest BCUT2D eigenvalue weighted by atomic mass is 10.1. The van der Waals surface area contributed by atoms with Crippen LogP contribution in [0.5, 0.6) is 5.75 Å². The van der Waals surface area contributed by atoms with Gasteiger partial charge >= 0.3 is 5.97 Å². The molecule has 0 saturated heterocycles. The number of nitrogens with zero attached hydrogens (tertiary/aromatic N) is 2. The number of carbonyl (C=O) groups is 2. The van der Waals surface area contributed by atoms with Crippen molar-refractivity contribution in [3.8, 4) is 5.75 Å². The maximum absolute atomic E-state index is 12.9. The van der Waals surface area contributed by atoms with Crippen molar-refractivity contribution in [2.45, 2.75) is 34.0 Å². The average Bonchev–Trinajstić information content (AvgIpc) is 3.23. The number of ether oxygens (including phenoxy) is 2. The third-order valence-corrected chi connectivity index (χ3v) is 4.01. The first-order valence-electron chi connectivity index (χ1n) is 8.42. The van der Waals surface area contributed by atoms with E-state index < -0.39 is 5.97 Å². The number of rotatable bonds is 7. The number of hydrogen-bond acceptors (Lipinski definition) is 7. The van der Waals surface area contributed by atoms with Crippen LogP contribution in [0, 0.1) is 19.7 Å². The van der Waals surface area contributed by atoms with Crippen LogP contribution in [0.2, 0.25) is 0 Å². The lowest BCUT2D eigenvalue weighted by Gasteiger charge is -2.02. The van der Waals surface area contributed by atoms with Crippen molar-refractivity contribution in [2.24, 2.45) is 0 Å². The molecule has 28 heavy (non-hydrogen) atoms. The van der Waals surface area contributed by atoms with Crippen LogP contribution in [0.4, 0.5) is 4.39 Å². The standard InChI is InChI=1S/C19H18FN3O5/c1-10-17(12(3)24)11(2)21-18(10)19(25)27-9-16-22-15(23-28-16)8-26-14-6-4-13(20)5-7-14/h4-7,21H,8-9H2,1-3H3. The molecule has 0 spiro atoms. The molecule has 0 unspecified atom stereocenters. The summed E-state index contributed by atoms with van der Waals surface area (Å²) >= 11 is 0. The van der Waals surface area contributed by atoms with Gasteiger partial charge in [-0.1, -0.05) is 5.16 Å². The Morgan fingerprint density at radius 1 is 1.18 bits per heavy atom. The number of esters is 1. The molecule has 1 N–H and O–H groups in total. The SMILES string of the molecule is CC(=O)c1c(C)[nH]c(C(=O)OCc2nc(COc3ccc(F)cc3)no2)c1C. The monoisotopic (exact) mass is 387 g/mol. The zero-order chi connectivity index (χ0) is 20.3.